The van der Waals surface area contributed by atoms with E-state index in [2.05, 4.69) is 0 Å². The molecule has 0 saturated heterocycles. The maximum Gasteiger partial charge on any atom is 0.302 e. The largest absolute Gasteiger partial charge is 0.462 e. The molecule has 0 heterocycles. The number of ether oxygens (including phenoxy) is 1. The molecule has 1 fully saturated rings. The van der Waals surface area contributed by atoms with Crippen LogP contribution in [0.3, 0.4) is 0 Å². The summed E-state index contributed by atoms with van der Waals surface area (Å²) in [5.74, 6) is -0.358. The predicted octanol–water partition coefficient (Wildman–Crippen LogP) is 2.46. The van der Waals surface area contributed by atoms with Crippen LogP contribution in [-0.4, -0.2) is 23.6 Å². The molecule has 0 aromatic carbocycles. The van der Waals surface area contributed by atoms with Crippen molar-refractivity contribution in [2.24, 2.45) is 10.8 Å². The number of allylic oxidation sites excluding steroid dienone is 2. The van der Waals surface area contributed by atoms with E-state index in [0.717, 1.165) is 0 Å². The topological polar surface area (TPSA) is 60.4 Å². The first-order valence-electron chi connectivity index (χ1n) is 6.51. The van der Waals surface area contributed by atoms with Gasteiger partial charge < -0.3 is 4.74 Å². The van der Waals surface area contributed by atoms with E-state index in [9.17, 15) is 14.4 Å². The third-order valence-corrected chi connectivity index (χ3v) is 4.32. The lowest BCUT2D eigenvalue weighted by Crippen LogP contribution is -2.53. The number of hydrogen-bond acceptors (Lipinski definition) is 4. The van der Waals surface area contributed by atoms with Crippen molar-refractivity contribution in [3.63, 3.8) is 0 Å². The summed E-state index contributed by atoms with van der Waals surface area (Å²) in [5.41, 5.74) is -1.34. The van der Waals surface area contributed by atoms with Gasteiger partial charge in [-0.3, -0.25) is 14.4 Å². The van der Waals surface area contributed by atoms with Gasteiger partial charge in [0.25, 0.3) is 0 Å². The maximum atomic E-state index is 12.3. The molecule has 2 atom stereocenters. The second kappa shape index (κ2) is 5.27. The third kappa shape index (κ3) is 2.94. The van der Waals surface area contributed by atoms with E-state index in [-0.39, 0.29) is 23.6 Å². The van der Waals surface area contributed by atoms with Gasteiger partial charge in [-0.15, -0.1) is 0 Å². The van der Waals surface area contributed by atoms with E-state index < -0.39 is 10.8 Å². The van der Waals surface area contributed by atoms with Gasteiger partial charge in [0.2, 0.25) is 0 Å². The first-order chi connectivity index (χ1) is 8.61. The Bertz CT molecular complexity index is 433. The summed E-state index contributed by atoms with van der Waals surface area (Å²) in [4.78, 5) is 34.6. The molecule has 0 spiro atoms. The molecule has 4 heteroatoms. The van der Waals surface area contributed by atoms with Crippen LogP contribution in [0.15, 0.2) is 12.2 Å². The number of esters is 1. The number of carbonyl (C=O) groups excluding carboxylic acids is 3. The Morgan fingerprint density at radius 1 is 1.26 bits per heavy atom. The van der Waals surface area contributed by atoms with Gasteiger partial charge in [-0.1, -0.05) is 19.9 Å². The van der Waals surface area contributed by atoms with Crippen molar-refractivity contribution in [2.45, 2.75) is 53.6 Å². The van der Waals surface area contributed by atoms with Crippen molar-refractivity contribution in [1.82, 2.24) is 0 Å². The van der Waals surface area contributed by atoms with E-state index >= 15 is 0 Å². The monoisotopic (exact) mass is 266 g/mol. The Hall–Kier alpha value is -1.45. The summed E-state index contributed by atoms with van der Waals surface area (Å²) < 4.78 is 5.35. The zero-order valence-electron chi connectivity index (χ0n) is 12.3. The molecular formula is C15H22O4. The molecule has 0 aromatic heterocycles. The minimum Gasteiger partial charge on any atom is -0.462 e. The van der Waals surface area contributed by atoms with Crippen LogP contribution in [0.4, 0.5) is 0 Å². The first kappa shape index (κ1) is 15.6. The highest BCUT2D eigenvalue weighted by Crippen LogP contribution is 2.50. The van der Waals surface area contributed by atoms with Gasteiger partial charge in [0.05, 0.1) is 5.41 Å². The number of Topliss-reactive ketones (excluding diaryl/α,β-unsaturated/α-hetero) is 1. The molecule has 0 aliphatic heterocycles. The molecule has 1 aliphatic rings. The summed E-state index contributed by atoms with van der Waals surface area (Å²) in [7, 11) is 0. The molecule has 4 nitrogen and oxygen atoms in total. The number of ketones is 2. The van der Waals surface area contributed by atoms with Crippen molar-refractivity contribution in [1.29, 1.82) is 0 Å². The number of hydrogen-bond donors (Lipinski definition) is 0. The Balaban J connectivity index is 3.14. The van der Waals surface area contributed by atoms with Crippen molar-refractivity contribution in [3.05, 3.63) is 12.2 Å². The molecule has 0 amide bonds. The minimum absolute atomic E-state index is 0.0819. The van der Waals surface area contributed by atoms with Crippen LogP contribution in [0.25, 0.3) is 0 Å². The predicted molar refractivity (Wildman–Crippen MR) is 71.5 cm³/mol. The first-order valence-corrected chi connectivity index (χ1v) is 6.51. The Kier molecular flexibility index (Phi) is 4.33. The highest BCUT2D eigenvalue weighted by molar-refractivity contribution is 5.92. The van der Waals surface area contributed by atoms with E-state index in [1.54, 1.807) is 6.08 Å². The molecule has 106 valence electrons. The Morgan fingerprint density at radius 2 is 1.84 bits per heavy atom. The standard InChI is InChI=1S/C15H22O4/c1-10(16)8-9-15(5)12(18)6-7-13(14(15,3)4)19-11(2)17/h8-9,13H,6-7H2,1-5H3/b9-8+/t13-,15+/m0/s1. The SMILES string of the molecule is CC(=O)/C=C/[C@]1(C)C(=O)CC[C@H](OC(C)=O)C1(C)C. The fourth-order valence-electron chi connectivity index (χ4n) is 2.57. The van der Waals surface area contributed by atoms with Crippen LogP contribution in [0.5, 0.6) is 0 Å². The summed E-state index contributed by atoms with van der Waals surface area (Å²) in [6.07, 6.45) is 3.67. The molecule has 0 bridgehead atoms. The van der Waals surface area contributed by atoms with Gasteiger partial charge in [0.1, 0.15) is 11.9 Å². The van der Waals surface area contributed by atoms with Crippen LogP contribution < -0.4 is 0 Å². The average Bonchev–Trinajstić information content (AvgIpc) is 2.28. The zero-order valence-corrected chi connectivity index (χ0v) is 12.3. The van der Waals surface area contributed by atoms with Gasteiger partial charge in [-0.25, -0.2) is 0 Å². The summed E-state index contributed by atoms with van der Waals surface area (Å²) in [5, 5.41) is 0. The van der Waals surface area contributed by atoms with Gasteiger partial charge in [-0.05, 0) is 26.3 Å². The van der Waals surface area contributed by atoms with E-state index in [4.69, 9.17) is 4.74 Å². The molecule has 0 radical (unpaired) electrons. The third-order valence-electron chi connectivity index (χ3n) is 4.32. The van der Waals surface area contributed by atoms with Crippen molar-refractivity contribution >= 4 is 17.5 Å². The normalized spacial score (nSPS) is 30.4. The number of carbonyl (C=O) groups is 3. The smallest absolute Gasteiger partial charge is 0.302 e. The van der Waals surface area contributed by atoms with Crippen LogP contribution in [-0.2, 0) is 19.1 Å². The molecule has 1 saturated carbocycles. The molecule has 0 N–H and O–H groups in total. The highest BCUT2D eigenvalue weighted by atomic mass is 16.5. The lowest BCUT2D eigenvalue weighted by atomic mass is 9.56. The maximum absolute atomic E-state index is 12.3. The molecule has 1 rings (SSSR count). The van der Waals surface area contributed by atoms with Crippen LogP contribution in [0.1, 0.15) is 47.5 Å². The Labute approximate surface area is 114 Å². The minimum atomic E-state index is -0.795. The van der Waals surface area contributed by atoms with Crippen LogP contribution in [0.2, 0.25) is 0 Å². The molecule has 19 heavy (non-hydrogen) atoms. The lowest BCUT2D eigenvalue weighted by molar-refractivity contribution is -0.167. The van der Waals surface area contributed by atoms with E-state index in [0.29, 0.717) is 12.8 Å². The fourth-order valence-corrected chi connectivity index (χ4v) is 2.57. The molecule has 0 aromatic rings. The van der Waals surface area contributed by atoms with E-state index in [1.165, 1.54) is 19.9 Å². The zero-order chi connectivity index (χ0) is 14.8. The van der Waals surface area contributed by atoms with Gasteiger partial charge >= 0.3 is 5.97 Å². The van der Waals surface area contributed by atoms with Crippen molar-refractivity contribution < 1.29 is 19.1 Å². The van der Waals surface area contributed by atoms with Crippen LogP contribution in [0, 0.1) is 10.8 Å². The fraction of sp³-hybridized carbons (Fsp3) is 0.667. The number of rotatable bonds is 3. The molecule has 1 aliphatic carbocycles. The Morgan fingerprint density at radius 3 is 2.32 bits per heavy atom. The second-order valence-corrected chi connectivity index (χ2v) is 5.93. The van der Waals surface area contributed by atoms with Gasteiger partial charge in [0, 0.05) is 18.8 Å². The summed E-state index contributed by atoms with van der Waals surface area (Å²) >= 11 is 0. The van der Waals surface area contributed by atoms with E-state index in [1.807, 2.05) is 20.8 Å². The van der Waals surface area contributed by atoms with Gasteiger partial charge in [-0.2, -0.15) is 0 Å². The molecular weight excluding hydrogens is 244 g/mol. The van der Waals surface area contributed by atoms with Crippen molar-refractivity contribution in [3.8, 4) is 0 Å². The summed E-state index contributed by atoms with van der Waals surface area (Å²) in [6.45, 7) is 8.44. The molecule has 0 unspecified atom stereocenters. The van der Waals surface area contributed by atoms with Crippen LogP contribution >= 0.6 is 0 Å². The second-order valence-electron chi connectivity index (χ2n) is 5.93. The van der Waals surface area contributed by atoms with Gasteiger partial charge in [0.15, 0.2) is 5.78 Å². The summed E-state index contributed by atoms with van der Waals surface area (Å²) in [6, 6.07) is 0. The quantitative estimate of drug-likeness (QED) is 0.581. The highest BCUT2D eigenvalue weighted by Gasteiger charge is 2.53. The lowest BCUT2D eigenvalue weighted by Gasteiger charge is -2.49. The van der Waals surface area contributed by atoms with Crippen molar-refractivity contribution in [2.75, 3.05) is 0 Å². The average molecular weight is 266 g/mol.